The van der Waals surface area contributed by atoms with E-state index in [1.807, 2.05) is 6.92 Å². The molecule has 0 radical (unpaired) electrons. The van der Waals surface area contributed by atoms with Crippen LogP contribution < -0.4 is 5.73 Å². The van der Waals surface area contributed by atoms with E-state index in [0.29, 0.717) is 15.3 Å². The Hall–Kier alpha value is -2.72. The third-order valence-corrected chi connectivity index (χ3v) is 6.23. The normalized spacial score (nSPS) is 26.2. The molecule has 2 amide bonds. The summed E-state index contributed by atoms with van der Waals surface area (Å²) < 4.78 is 1.61. The maximum absolute atomic E-state index is 12.4. The van der Waals surface area contributed by atoms with Crippen molar-refractivity contribution in [1.29, 1.82) is 0 Å². The van der Waals surface area contributed by atoms with Crippen LogP contribution in [-0.2, 0) is 9.59 Å². The number of aliphatic carboxylic acids is 1. The molecule has 4 heterocycles. The van der Waals surface area contributed by atoms with Crippen LogP contribution in [0, 0.1) is 11.8 Å². The molecule has 1 saturated heterocycles. The van der Waals surface area contributed by atoms with Gasteiger partial charge in [-0.25, -0.2) is 9.78 Å². The molecule has 26 heavy (non-hydrogen) atoms. The number of hydrogen-bond donors (Lipinski definition) is 3. The summed E-state index contributed by atoms with van der Waals surface area (Å²) in [6, 6.07) is -0.390. The van der Waals surface area contributed by atoms with Crippen LogP contribution in [0.25, 0.3) is 10.4 Å². The summed E-state index contributed by atoms with van der Waals surface area (Å²) in [5.41, 5.74) is 5.88. The first-order valence-corrected chi connectivity index (χ1v) is 8.81. The van der Waals surface area contributed by atoms with Gasteiger partial charge in [0.05, 0.1) is 22.9 Å². The summed E-state index contributed by atoms with van der Waals surface area (Å²) in [5, 5.41) is 19.6. The van der Waals surface area contributed by atoms with Crippen LogP contribution in [0.5, 0.6) is 0 Å². The minimum Gasteiger partial charge on any atom is -0.477 e. The first-order chi connectivity index (χ1) is 12.2. The number of carboxylic acids is 1. The average Bonchev–Trinajstić information content (AvgIpc) is 3.16. The molecule has 2 aromatic rings. The van der Waals surface area contributed by atoms with Gasteiger partial charge in [-0.15, -0.1) is 11.3 Å². The number of primary amides is 1. The molecule has 0 unspecified atom stereocenters. The quantitative estimate of drug-likeness (QED) is 0.649. The zero-order chi connectivity index (χ0) is 18.9. The lowest BCUT2D eigenvalue weighted by Crippen LogP contribution is -2.63. The van der Waals surface area contributed by atoms with Crippen molar-refractivity contribution < 1.29 is 24.6 Å². The molecular weight excluding hydrogens is 360 g/mol. The topological polar surface area (TPSA) is 138 Å². The highest BCUT2D eigenvalue weighted by Crippen LogP contribution is 2.51. The number of carbonyl (C=O) groups is 3. The number of aliphatic hydroxyl groups is 1. The third-order valence-electron chi connectivity index (χ3n) is 5.08. The molecule has 136 valence electrons. The largest absolute Gasteiger partial charge is 0.477 e. The van der Waals surface area contributed by atoms with Crippen molar-refractivity contribution in [2.75, 3.05) is 0 Å². The number of nitrogens with zero attached hydrogens (tertiary/aromatic N) is 3. The summed E-state index contributed by atoms with van der Waals surface area (Å²) in [4.78, 5) is 42.1. The minimum atomic E-state index is -1.20. The minimum absolute atomic E-state index is 0.0671. The van der Waals surface area contributed by atoms with Crippen molar-refractivity contribution in [1.82, 2.24) is 14.3 Å². The Morgan fingerprint density at radius 2 is 2.12 bits per heavy atom. The number of imidazole rings is 1. The lowest BCUT2D eigenvalue weighted by molar-refractivity contribution is -0.163. The van der Waals surface area contributed by atoms with Gasteiger partial charge in [-0.3, -0.25) is 14.0 Å². The molecule has 0 aromatic carbocycles. The molecule has 2 aromatic heterocycles. The number of rotatable bonds is 4. The summed E-state index contributed by atoms with van der Waals surface area (Å²) in [6.45, 7) is 3.37. The number of aliphatic hydroxyl groups excluding tert-OH is 1. The molecule has 4 N–H and O–H groups in total. The second-order valence-corrected chi connectivity index (χ2v) is 7.62. The van der Waals surface area contributed by atoms with Gasteiger partial charge >= 0.3 is 5.97 Å². The Morgan fingerprint density at radius 1 is 1.42 bits per heavy atom. The number of amides is 2. The van der Waals surface area contributed by atoms with Gasteiger partial charge in [0.2, 0.25) is 5.91 Å². The van der Waals surface area contributed by atoms with E-state index < -0.39 is 29.9 Å². The van der Waals surface area contributed by atoms with E-state index >= 15 is 0 Å². The van der Waals surface area contributed by atoms with Crippen molar-refractivity contribution in [3.8, 4) is 0 Å². The van der Waals surface area contributed by atoms with E-state index in [4.69, 9.17) is 5.73 Å². The predicted molar refractivity (Wildman–Crippen MR) is 91.1 cm³/mol. The van der Waals surface area contributed by atoms with Crippen molar-refractivity contribution in [2.24, 2.45) is 17.6 Å². The molecule has 0 bridgehead atoms. The van der Waals surface area contributed by atoms with Gasteiger partial charge in [-0.1, -0.05) is 6.92 Å². The van der Waals surface area contributed by atoms with E-state index in [0.717, 1.165) is 0 Å². The first kappa shape index (κ1) is 16.7. The van der Waals surface area contributed by atoms with Crippen LogP contribution in [0.15, 0.2) is 18.2 Å². The molecule has 0 aliphatic carbocycles. The van der Waals surface area contributed by atoms with E-state index in [1.54, 1.807) is 10.6 Å². The zero-order valence-corrected chi connectivity index (χ0v) is 14.7. The average molecular weight is 376 g/mol. The van der Waals surface area contributed by atoms with Crippen molar-refractivity contribution in [3.63, 3.8) is 0 Å². The van der Waals surface area contributed by atoms with Crippen LogP contribution in [0.4, 0.5) is 0 Å². The highest BCUT2D eigenvalue weighted by Gasteiger charge is 2.60. The van der Waals surface area contributed by atoms with Gasteiger partial charge in [0.25, 0.3) is 5.91 Å². The van der Waals surface area contributed by atoms with E-state index in [9.17, 15) is 24.6 Å². The van der Waals surface area contributed by atoms with Gasteiger partial charge in [-0.05, 0) is 6.92 Å². The highest BCUT2D eigenvalue weighted by atomic mass is 32.1. The molecule has 0 saturated carbocycles. The number of β-lactam (4-membered cyclic amide) rings is 1. The van der Waals surface area contributed by atoms with Gasteiger partial charge in [0.15, 0.2) is 5.69 Å². The summed E-state index contributed by atoms with van der Waals surface area (Å²) in [5.74, 6) is -3.14. The molecule has 2 aliphatic rings. The molecule has 9 nitrogen and oxygen atoms in total. The highest BCUT2D eigenvalue weighted by molar-refractivity contribution is 7.18. The monoisotopic (exact) mass is 376 g/mol. The van der Waals surface area contributed by atoms with Crippen LogP contribution in [-0.4, -0.2) is 54.4 Å². The van der Waals surface area contributed by atoms with Crippen LogP contribution in [0.3, 0.4) is 0 Å². The zero-order valence-electron chi connectivity index (χ0n) is 13.9. The lowest BCUT2D eigenvalue weighted by atomic mass is 9.77. The molecule has 2 aliphatic heterocycles. The molecule has 1 fully saturated rings. The molecule has 4 atom stereocenters. The predicted octanol–water partition coefficient (Wildman–Crippen LogP) is 0.148. The standard InChI is InChI=1S/C16H16N4O5S/c1-5-8(7-3-19-4-18-10(13(17)22)15(19)26-7)12(16(24)25)20-11(5)9(6(2)21)14(20)23/h3-6,9,11,21H,1-2H3,(H2,17,22)(H,24,25)/t5-,6+,9+,11+/m0/s1. The van der Waals surface area contributed by atoms with Gasteiger partial charge in [0.1, 0.15) is 16.9 Å². The first-order valence-electron chi connectivity index (χ1n) is 7.99. The second-order valence-electron chi connectivity index (χ2n) is 6.59. The molecule has 10 heteroatoms. The molecule has 4 rings (SSSR count). The number of aromatic nitrogens is 2. The van der Waals surface area contributed by atoms with Crippen molar-refractivity contribution in [3.05, 3.63) is 28.8 Å². The van der Waals surface area contributed by atoms with Gasteiger partial charge < -0.3 is 20.8 Å². The number of fused-ring (bicyclic) bond motifs is 2. The van der Waals surface area contributed by atoms with E-state index in [2.05, 4.69) is 4.98 Å². The van der Waals surface area contributed by atoms with Crippen LogP contribution in [0.2, 0.25) is 0 Å². The Bertz CT molecular complexity index is 1000. The van der Waals surface area contributed by atoms with Crippen LogP contribution >= 0.6 is 11.3 Å². The third kappa shape index (κ3) is 1.99. The maximum Gasteiger partial charge on any atom is 0.352 e. The number of carboxylic acid groups (broad SMARTS) is 1. The Labute approximate surface area is 151 Å². The smallest absolute Gasteiger partial charge is 0.352 e. The number of nitrogens with two attached hydrogens (primary N) is 1. The number of hydrogen-bond acceptors (Lipinski definition) is 6. The van der Waals surface area contributed by atoms with Crippen molar-refractivity contribution >= 4 is 39.5 Å². The lowest BCUT2D eigenvalue weighted by Gasteiger charge is -2.46. The summed E-state index contributed by atoms with van der Waals surface area (Å²) in [7, 11) is 0. The maximum atomic E-state index is 12.4. The van der Waals surface area contributed by atoms with Crippen molar-refractivity contribution in [2.45, 2.75) is 26.0 Å². The Balaban J connectivity index is 1.86. The van der Waals surface area contributed by atoms with E-state index in [1.165, 1.54) is 29.5 Å². The van der Waals surface area contributed by atoms with Gasteiger partial charge in [-0.2, -0.15) is 0 Å². The number of thiazole rings is 1. The molecular formula is C16H16N4O5S. The SMILES string of the molecule is C[C@@H](O)[C@H]1C(=O)N2C(C(=O)O)=C(c3cn4cnc(C(N)=O)c4s3)[C@H](C)[C@H]12. The molecule has 0 spiro atoms. The fourth-order valence-corrected chi connectivity index (χ4v) is 5.21. The van der Waals surface area contributed by atoms with E-state index in [-0.39, 0.29) is 23.2 Å². The fourth-order valence-electron chi connectivity index (χ4n) is 3.99. The Morgan fingerprint density at radius 3 is 2.69 bits per heavy atom. The second kappa shape index (κ2) is 5.39. The number of carbonyl (C=O) groups excluding carboxylic acids is 2. The van der Waals surface area contributed by atoms with Gasteiger partial charge in [0, 0.05) is 17.7 Å². The Kier molecular flexibility index (Phi) is 3.47. The summed E-state index contributed by atoms with van der Waals surface area (Å²) in [6.07, 6.45) is 2.27. The van der Waals surface area contributed by atoms with Crippen LogP contribution in [0.1, 0.15) is 29.2 Å². The fraction of sp³-hybridized carbons (Fsp3) is 0.375. The summed E-state index contributed by atoms with van der Waals surface area (Å²) >= 11 is 1.20.